The molecule has 0 spiro atoms. The predicted octanol–water partition coefficient (Wildman–Crippen LogP) is 3.74. The molecule has 0 atom stereocenters. The minimum atomic E-state index is -0.498. The first-order valence-corrected chi connectivity index (χ1v) is 12.7. The van der Waals surface area contributed by atoms with Gasteiger partial charge >= 0.3 is 5.97 Å². The summed E-state index contributed by atoms with van der Waals surface area (Å²) in [6.45, 7) is 0.563. The molecule has 3 aromatic carbocycles. The molecule has 0 fully saturated rings. The van der Waals surface area contributed by atoms with Crippen LogP contribution in [0.1, 0.15) is 34.3 Å². The van der Waals surface area contributed by atoms with Crippen molar-refractivity contribution in [3.63, 3.8) is 0 Å². The Labute approximate surface area is 228 Å². The summed E-state index contributed by atoms with van der Waals surface area (Å²) >= 11 is 0. The number of fused-ring (bicyclic) bond motifs is 1. The van der Waals surface area contributed by atoms with Gasteiger partial charge in [-0.3, -0.25) is 9.59 Å². The van der Waals surface area contributed by atoms with Crippen molar-refractivity contribution in [2.24, 2.45) is 10.7 Å². The molecule has 0 saturated carbocycles. The second-order valence-corrected chi connectivity index (χ2v) is 9.62. The van der Waals surface area contributed by atoms with E-state index in [0.29, 0.717) is 29.1 Å². The fraction of sp³-hybridized carbons (Fsp3) is 0.267. The zero-order valence-corrected chi connectivity index (χ0v) is 22.5. The van der Waals surface area contributed by atoms with Gasteiger partial charge in [0, 0.05) is 58.2 Å². The lowest BCUT2D eigenvalue weighted by Crippen LogP contribution is -2.43. The van der Waals surface area contributed by atoms with Crippen molar-refractivity contribution in [3.05, 3.63) is 89.5 Å². The van der Waals surface area contributed by atoms with Crippen LogP contribution in [0.3, 0.4) is 0 Å². The van der Waals surface area contributed by atoms with Gasteiger partial charge in [0.2, 0.25) is 5.91 Å². The standard InChI is InChI=1S/C30H33N5O4/c1-33(2)25-14-7-8-15-27(25)39-29(38)20-35-19-23-22(12-9-13-24(23)32-30(35)31)26(36)16-17-28(37)34(3)18-21-10-5-4-6-11-21/h4-15H,16-20H2,1-3H3,(H2,31,32). The Morgan fingerprint density at radius 2 is 1.64 bits per heavy atom. The molecule has 39 heavy (non-hydrogen) atoms. The Hall–Kier alpha value is -4.66. The first-order valence-electron chi connectivity index (χ1n) is 12.7. The predicted molar refractivity (Wildman–Crippen MR) is 151 cm³/mol. The third kappa shape index (κ3) is 6.81. The van der Waals surface area contributed by atoms with E-state index >= 15 is 0 Å². The van der Waals surface area contributed by atoms with Crippen molar-refractivity contribution >= 4 is 35.0 Å². The lowest BCUT2D eigenvalue weighted by atomic mass is 9.97. The van der Waals surface area contributed by atoms with Gasteiger partial charge in [-0.15, -0.1) is 0 Å². The van der Waals surface area contributed by atoms with Gasteiger partial charge in [-0.25, -0.2) is 9.79 Å². The molecule has 0 unspecified atom stereocenters. The van der Waals surface area contributed by atoms with Crippen molar-refractivity contribution in [1.82, 2.24) is 9.80 Å². The molecule has 1 heterocycles. The molecule has 1 amide bonds. The van der Waals surface area contributed by atoms with Crippen LogP contribution in [0, 0.1) is 0 Å². The normalized spacial score (nSPS) is 12.3. The number of ether oxygens (including phenoxy) is 1. The second-order valence-electron chi connectivity index (χ2n) is 9.62. The van der Waals surface area contributed by atoms with Crippen molar-refractivity contribution in [2.75, 3.05) is 32.6 Å². The summed E-state index contributed by atoms with van der Waals surface area (Å²) in [5.41, 5.74) is 9.67. The van der Waals surface area contributed by atoms with E-state index < -0.39 is 5.97 Å². The first-order chi connectivity index (χ1) is 18.7. The molecular weight excluding hydrogens is 494 g/mol. The summed E-state index contributed by atoms with van der Waals surface area (Å²) in [7, 11) is 5.47. The van der Waals surface area contributed by atoms with Crippen LogP contribution in [0.4, 0.5) is 11.4 Å². The molecule has 3 aromatic rings. The number of benzene rings is 3. The quantitative estimate of drug-likeness (QED) is 0.243. The number of rotatable bonds is 10. The van der Waals surface area contributed by atoms with E-state index in [1.165, 1.54) is 0 Å². The lowest BCUT2D eigenvalue weighted by Gasteiger charge is -2.28. The number of aliphatic imine (C=N–C) groups is 1. The van der Waals surface area contributed by atoms with Crippen LogP contribution >= 0.6 is 0 Å². The number of nitrogens with two attached hydrogens (primary N) is 1. The highest BCUT2D eigenvalue weighted by molar-refractivity contribution is 6.01. The van der Waals surface area contributed by atoms with Gasteiger partial charge in [0.25, 0.3) is 0 Å². The maximum Gasteiger partial charge on any atom is 0.331 e. The van der Waals surface area contributed by atoms with Crippen LogP contribution in [0.2, 0.25) is 0 Å². The number of amides is 1. The van der Waals surface area contributed by atoms with Crippen LogP contribution in [-0.4, -0.2) is 61.1 Å². The van der Waals surface area contributed by atoms with Gasteiger partial charge in [0.15, 0.2) is 17.5 Å². The topological polar surface area (TPSA) is 109 Å². The Morgan fingerprint density at radius 3 is 2.38 bits per heavy atom. The third-order valence-corrected chi connectivity index (χ3v) is 6.50. The summed E-state index contributed by atoms with van der Waals surface area (Å²) in [5, 5.41) is 0. The number of guanidine groups is 1. The maximum atomic E-state index is 13.2. The largest absolute Gasteiger partial charge is 0.423 e. The van der Waals surface area contributed by atoms with E-state index in [0.717, 1.165) is 11.3 Å². The summed E-state index contributed by atoms with van der Waals surface area (Å²) in [6, 6.07) is 22.2. The summed E-state index contributed by atoms with van der Waals surface area (Å²) in [4.78, 5) is 48.2. The van der Waals surface area contributed by atoms with Gasteiger partial charge in [-0.2, -0.15) is 0 Å². The average molecular weight is 528 g/mol. The van der Waals surface area contributed by atoms with Gasteiger partial charge in [-0.1, -0.05) is 54.6 Å². The van der Waals surface area contributed by atoms with Gasteiger partial charge in [0.1, 0.15) is 6.54 Å². The number of ketones is 1. The number of esters is 1. The van der Waals surface area contributed by atoms with Gasteiger partial charge < -0.3 is 25.2 Å². The number of para-hydroxylation sites is 2. The lowest BCUT2D eigenvalue weighted by molar-refractivity contribution is -0.135. The van der Waals surface area contributed by atoms with Crippen molar-refractivity contribution in [2.45, 2.75) is 25.9 Å². The highest BCUT2D eigenvalue weighted by Crippen LogP contribution is 2.30. The van der Waals surface area contributed by atoms with Crippen LogP contribution in [0.15, 0.2) is 77.8 Å². The number of anilines is 1. The van der Waals surface area contributed by atoms with E-state index in [2.05, 4.69) is 4.99 Å². The fourth-order valence-electron chi connectivity index (χ4n) is 4.42. The van der Waals surface area contributed by atoms with Crippen LogP contribution in [-0.2, 0) is 22.7 Å². The zero-order valence-electron chi connectivity index (χ0n) is 22.5. The highest BCUT2D eigenvalue weighted by Gasteiger charge is 2.26. The molecule has 2 N–H and O–H groups in total. The SMILES string of the molecule is CN(Cc1ccccc1)C(=O)CCC(=O)c1cccc2c1CN(CC(=O)Oc1ccccc1N(C)C)C(N)=N2. The number of carbonyl (C=O) groups excluding carboxylic acids is 3. The Kier molecular flexibility index (Phi) is 8.60. The Morgan fingerprint density at radius 1 is 0.923 bits per heavy atom. The number of Topliss-reactive ketones (excluding diaryl/α,β-unsaturated/α-hetero) is 1. The minimum Gasteiger partial charge on any atom is -0.423 e. The number of hydrogen-bond donors (Lipinski definition) is 1. The molecule has 0 aliphatic carbocycles. The molecule has 0 saturated heterocycles. The maximum absolute atomic E-state index is 13.2. The number of carbonyl (C=O) groups is 3. The van der Waals surface area contributed by atoms with E-state index in [-0.39, 0.29) is 43.6 Å². The second kappa shape index (κ2) is 12.3. The molecule has 1 aliphatic rings. The zero-order chi connectivity index (χ0) is 27.9. The first kappa shape index (κ1) is 27.4. The minimum absolute atomic E-state index is 0.0664. The molecule has 9 heteroatoms. The highest BCUT2D eigenvalue weighted by atomic mass is 16.5. The van der Waals surface area contributed by atoms with E-state index in [4.69, 9.17) is 10.5 Å². The number of hydrogen-bond acceptors (Lipinski definition) is 8. The van der Waals surface area contributed by atoms with Crippen LogP contribution in [0.25, 0.3) is 0 Å². The molecular formula is C30H33N5O4. The fourth-order valence-corrected chi connectivity index (χ4v) is 4.42. The van der Waals surface area contributed by atoms with Crippen molar-refractivity contribution in [1.29, 1.82) is 0 Å². The van der Waals surface area contributed by atoms with Crippen LogP contribution < -0.4 is 15.4 Å². The Balaban J connectivity index is 1.40. The number of nitrogens with zero attached hydrogens (tertiary/aromatic N) is 4. The average Bonchev–Trinajstić information content (AvgIpc) is 2.92. The van der Waals surface area contributed by atoms with E-state index in [1.807, 2.05) is 61.5 Å². The molecule has 0 bridgehead atoms. The van der Waals surface area contributed by atoms with Gasteiger partial charge in [-0.05, 0) is 23.8 Å². The third-order valence-electron chi connectivity index (χ3n) is 6.50. The molecule has 9 nitrogen and oxygen atoms in total. The van der Waals surface area contributed by atoms with Crippen molar-refractivity contribution in [3.8, 4) is 5.75 Å². The molecule has 202 valence electrons. The molecule has 0 radical (unpaired) electrons. The summed E-state index contributed by atoms with van der Waals surface area (Å²) < 4.78 is 5.61. The smallest absolute Gasteiger partial charge is 0.331 e. The van der Waals surface area contributed by atoms with Crippen molar-refractivity contribution < 1.29 is 19.1 Å². The monoisotopic (exact) mass is 527 g/mol. The summed E-state index contributed by atoms with van der Waals surface area (Å²) in [5.74, 6) is -0.157. The molecule has 1 aliphatic heterocycles. The molecule has 4 rings (SSSR count). The van der Waals surface area contributed by atoms with E-state index in [1.54, 1.807) is 47.2 Å². The van der Waals surface area contributed by atoms with E-state index in [9.17, 15) is 14.4 Å². The van der Waals surface area contributed by atoms with Gasteiger partial charge in [0.05, 0.1) is 11.4 Å². The Bertz CT molecular complexity index is 1390. The molecule has 0 aromatic heterocycles. The van der Waals surface area contributed by atoms with Crippen LogP contribution in [0.5, 0.6) is 5.75 Å². The summed E-state index contributed by atoms with van der Waals surface area (Å²) in [6.07, 6.45) is 0.162.